The molecule has 0 radical (unpaired) electrons. The summed E-state index contributed by atoms with van der Waals surface area (Å²) in [5.74, 6) is -0.222. The quantitative estimate of drug-likeness (QED) is 0.499. The molecule has 0 spiro atoms. The van der Waals surface area contributed by atoms with Gasteiger partial charge in [0.25, 0.3) is 5.91 Å². The fourth-order valence-corrected chi connectivity index (χ4v) is 1.92. The first-order valence-corrected chi connectivity index (χ1v) is 6.08. The van der Waals surface area contributed by atoms with Gasteiger partial charge in [-0.1, -0.05) is 0 Å². The van der Waals surface area contributed by atoms with Gasteiger partial charge in [-0.25, -0.2) is 0 Å². The van der Waals surface area contributed by atoms with Gasteiger partial charge in [0.2, 0.25) is 12.3 Å². The van der Waals surface area contributed by atoms with Crippen molar-refractivity contribution in [2.24, 2.45) is 0 Å². The molecule has 2 rings (SSSR count). The number of hydrogen-bond donors (Lipinski definition) is 3. The molecule has 0 unspecified atom stereocenters. The van der Waals surface area contributed by atoms with Gasteiger partial charge in [-0.05, 0) is 30.2 Å². The summed E-state index contributed by atoms with van der Waals surface area (Å²) in [5, 5.41) is 8.00. The molecule has 1 aromatic rings. The Morgan fingerprint density at radius 3 is 3.00 bits per heavy atom. The molecule has 0 saturated carbocycles. The molecular formula is C13H15N3O3. The number of fused-ring (bicyclic) bond motifs is 1. The Hall–Kier alpha value is -2.37. The highest BCUT2D eigenvalue weighted by molar-refractivity contribution is 6.01. The Morgan fingerprint density at radius 1 is 1.37 bits per heavy atom. The van der Waals surface area contributed by atoms with E-state index >= 15 is 0 Å². The van der Waals surface area contributed by atoms with E-state index in [4.69, 9.17) is 0 Å². The molecule has 1 aromatic carbocycles. The van der Waals surface area contributed by atoms with Crippen molar-refractivity contribution in [3.63, 3.8) is 0 Å². The third-order valence-electron chi connectivity index (χ3n) is 2.86. The second-order valence-electron chi connectivity index (χ2n) is 4.28. The van der Waals surface area contributed by atoms with E-state index in [1.165, 1.54) is 0 Å². The molecule has 0 saturated heterocycles. The molecule has 3 N–H and O–H groups in total. The van der Waals surface area contributed by atoms with Crippen molar-refractivity contribution in [2.75, 3.05) is 18.4 Å². The average Bonchev–Trinajstić information content (AvgIpc) is 2.77. The monoisotopic (exact) mass is 261 g/mol. The molecule has 1 aliphatic rings. The summed E-state index contributed by atoms with van der Waals surface area (Å²) in [5.41, 5.74) is 2.16. The van der Waals surface area contributed by atoms with Crippen molar-refractivity contribution in [2.45, 2.75) is 12.8 Å². The van der Waals surface area contributed by atoms with Gasteiger partial charge >= 0.3 is 0 Å². The Bertz CT molecular complexity index is 514. The SMILES string of the molecule is O=CNCCCNC(=O)c1ccc2c(c1)CC(=O)N2. The maximum absolute atomic E-state index is 11.9. The lowest BCUT2D eigenvalue weighted by atomic mass is 10.1. The Labute approximate surface area is 110 Å². The van der Waals surface area contributed by atoms with Crippen LogP contribution < -0.4 is 16.0 Å². The van der Waals surface area contributed by atoms with E-state index in [-0.39, 0.29) is 11.8 Å². The van der Waals surface area contributed by atoms with E-state index in [2.05, 4.69) is 16.0 Å². The van der Waals surface area contributed by atoms with E-state index in [9.17, 15) is 14.4 Å². The van der Waals surface area contributed by atoms with Crippen LogP contribution in [0.4, 0.5) is 5.69 Å². The van der Waals surface area contributed by atoms with E-state index in [1.807, 2.05) is 0 Å². The molecule has 19 heavy (non-hydrogen) atoms. The van der Waals surface area contributed by atoms with E-state index in [0.29, 0.717) is 37.9 Å². The first kappa shape index (κ1) is 13.1. The minimum Gasteiger partial charge on any atom is -0.359 e. The highest BCUT2D eigenvalue weighted by atomic mass is 16.2. The molecule has 1 aliphatic heterocycles. The van der Waals surface area contributed by atoms with Crippen LogP contribution in [0.25, 0.3) is 0 Å². The van der Waals surface area contributed by atoms with Crippen LogP contribution in [0.3, 0.4) is 0 Å². The number of benzene rings is 1. The molecule has 0 aromatic heterocycles. The molecule has 6 heteroatoms. The number of nitrogens with one attached hydrogen (secondary N) is 3. The second kappa shape index (κ2) is 5.99. The van der Waals surface area contributed by atoms with Crippen LogP contribution in [0.2, 0.25) is 0 Å². The summed E-state index contributed by atoms with van der Waals surface area (Å²) in [6, 6.07) is 5.15. The lowest BCUT2D eigenvalue weighted by molar-refractivity contribution is -0.115. The first-order chi connectivity index (χ1) is 9.20. The van der Waals surface area contributed by atoms with Crippen LogP contribution in [0.5, 0.6) is 0 Å². The maximum Gasteiger partial charge on any atom is 0.251 e. The Morgan fingerprint density at radius 2 is 2.21 bits per heavy atom. The Balaban J connectivity index is 1.88. The molecule has 0 aliphatic carbocycles. The lowest BCUT2D eigenvalue weighted by Crippen LogP contribution is -2.27. The minimum atomic E-state index is -0.173. The van der Waals surface area contributed by atoms with Gasteiger partial charge < -0.3 is 16.0 Å². The van der Waals surface area contributed by atoms with Gasteiger partial charge in [-0.15, -0.1) is 0 Å². The minimum absolute atomic E-state index is 0.0486. The van der Waals surface area contributed by atoms with Gasteiger partial charge in [0, 0.05) is 24.3 Å². The maximum atomic E-state index is 11.9. The molecular weight excluding hydrogens is 246 g/mol. The van der Waals surface area contributed by atoms with Crippen LogP contribution >= 0.6 is 0 Å². The summed E-state index contributed by atoms with van der Waals surface area (Å²) in [6.45, 7) is 1.03. The normalized spacial score (nSPS) is 12.5. The summed E-state index contributed by atoms with van der Waals surface area (Å²) in [4.78, 5) is 33.1. The van der Waals surface area contributed by atoms with Gasteiger partial charge in [0.05, 0.1) is 6.42 Å². The highest BCUT2D eigenvalue weighted by Gasteiger charge is 2.18. The zero-order chi connectivity index (χ0) is 13.7. The molecule has 100 valence electrons. The predicted molar refractivity (Wildman–Crippen MR) is 69.8 cm³/mol. The molecule has 0 fully saturated rings. The fraction of sp³-hybridized carbons (Fsp3) is 0.308. The number of hydrogen-bond acceptors (Lipinski definition) is 3. The van der Waals surface area contributed by atoms with Crippen molar-refractivity contribution in [3.05, 3.63) is 29.3 Å². The topological polar surface area (TPSA) is 87.3 Å². The number of carbonyl (C=O) groups is 3. The van der Waals surface area contributed by atoms with E-state index < -0.39 is 0 Å². The van der Waals surface area contributed by atoms with Gasteiger partial charge in [-0.3, -0.25) is 14.4 Å². The van der Waals surface area contributed by atoms with Crippen molar-refractivity contribution < 1.29 is 14.4 Å². The number of carbonyl (C=O) groups excluding carboxylic acids is 3. The Kier molecular flexibility index (Phi) is 4.12. The molecule has 0 atom stereocenters. The zero-order valence-electron chi connectivity index (χ0n) is 10.4. The lowest BCUT2D eigenvalue weighted by Gasteiger charge is -2.06. The second-order valence-corrected chi connectivity index (χ2v) is 4.28. The van der Waals surface area contributed by atoms with Gasteiger partial charge in [0.15, 0.2) is 0 Å². The number of amides is 3. The third kappa shape index (κ3) is 3.31. The fourth-order valence-electron chi connectivity index (χ4n) is 1.92. The molecule has 3 amide bonds. The summed E-state index contributed by atoms with van der Waals surface area (Å²) >= 11 is 0. The van der Waals surface area contributed by atoms with Gasteiger partial charge in [-0.2, -0.15) is 0 Å². The summed E-state index contributed by atoms with van der Waals surface area (Å²) < 4.78 is 0. The predicted octanol–water partition coefficient (Wildman–Crippen LogP) is 0.0471. The highest BCUT2D eigenvalue weighted by Crippen LogP contribution is 2.23. The van der Waals surface area contributed by atoms with Crippen LogP contribution in [0.15, 0.2) is 18.2 Å². The van der Waals surface area contributed by atoms with E-state index in [1.54, 1.807) is 18.2 Å². The van der Waals surface area contributed by atoms with Crippen molar-refractivity contribution in [1.82, 2.24) is 10.6 Å². The van der Waals surface area contributed by atoms with Crippen LogP contribution in [0, 0.1) is 0 Å². The zero-order valence-corrected chi connectivity index (χ0v) is 10.4. The van der Waals surface area contributed by atoms with Crippen molar-refractivity contribution >= 4 is 23.9 Å². The number of anilines is 1. The smallest absolute Gasteiger partial charge is 0.251 e. The van der Waals surface area contributed by atoms with Crippen LogP contribution in [0.1, 0.15) is 22.3 Å². The van der Waals surface area contributed by atoms with Crippen LogP contribution in [-0.2, 0) is 16.0 Å². The van der Waals surface area contributed by atoms with Gasteiger partial charge in [0.1, 0.15) is 0 Å². The summed E-state index contributed by atoms with van der Waals surface area (Å²) in [6.07, 6.45) is 1.63. The largest absolute Gasteiger partial charge is 0.359 e. The van der Waals surface area contributed by atoms with Crippen LogP contribution in [-0.4, -0.2) is 31.3 Å². The summed E-state index contributed by atoms with van der Waals surface area (Å²) in [7, 11) is 0. The molecule has 0 bridgehead atoms. The first-order valence-electron chi connectivity index (χ1n) is 6.08. The van der Waals surface area contributed by atoms with Crippen molar-refractivity contribution in [3.8, 4) is 0 Å². The molecule has 1 heterocycles. The third-order valence-corrected chi connectivity index (χ3v) is 2.86. The average molecular weight is 261 g/mol. The molecule has 6 nitrogen and oxygen atoms in total. The standard InChI is InChI=1S/C13H15N3O3/c17-8-14-4-1-5-15-13(19)9-2-3-11-10(6-9)7-12(18)16-11/h2-3,6,8H,1,4-5,7H2,(H,14,17)(H,15,19)(H,16,18). The van der Waals surface area contributed by atoms with Crippen molar-refractivity contribution in [1.29, 1.82) is 0 Å². The van der Waals surface area contributed by atoms with E-state index in [0.717, 1.165) is 11.3 Å². The number of rotatable bonds is 6.